The highest BCUT2D eigenvalue weighted by Gasteiger charge is 2.12. The van der Waals surface area contributed by atoms with Crippen LogP contribution >= 0.6 is 11.6 Å². The molecule has 1 heterocycles. The molecule has 2 aromatic carbocycles. The van der Waals surface area contributed by atoms with Gasteiger partial charge in [0.05, 0.1) is 26.0 Å². The molecule has 3 N–H and O–H groups in total. The highest BCUT2D eigenvalue weighted by Crippen LogP contribution is 2.25. The van der Waals surface area contributed by atoms with Crippen molar-refractivity contribution in [1.29, 1.82) is 0 Å². The number of halogens is 1. The second-order valence-corrected chi connectivity index (χ2v) is 7.24. The second kappa shape index (κ2) is 9.69. The van der Waals surface area contributed by atoms with Crippen LogP contribution in [0.4, 0.5) is 5.82 Å². The Balaban J connectivity index is 1.84. The minimum Gasteiger partial charge on any atom is -0.467 e. The maximum atomic E-state index is 9.56. The van der Waals surface area contributed by atoms with Gasteiger partial charge in [-0.25, -0.2) is 0 Å². The van der Waals surface area contributed by atoms with Gasteiger partial charge in [0.25, 0.3) is 0 Å². The molecule has 0 fully saturated rings. The highest BCUT2D eigenvalue weighted by atomic mass is 35.5. The van der Waals surface area contributed by atoms with Crippen LogP contribution in [0.25, 0.3) is 11.3 Å². The van der Waals surface area contributed by atoms with E-state index in [1.54, 1.807) is 6.07 Å². The molecule has 1 atom stereocenters. The molecule has 0 amide bonds. The molecule has 0 aliphatic heterocycles. The van der Waals surface area contributed by atoms with Gasteiger partial charge in [0.15, 0.2) is 0 Å². The molecule has 3 rings (SSSR count). The van der Waals surface area contributed by atoms with E-state index in [1.165, 1.54) is 12.7 Å². The monoisotopic (exact) mass is 413 g/mol. The van der Waals surface area contributed by atoms with Gasteiger partial charge in [-0.3, -0.25) is 0 Å². The van der Waals surface area contributed by atoms with Gasteiger partial charge >= 0.3 is 6.01 Å². The van der Waals surface area contributed by atoms with Gasteiger partial charge in [0.2, 0.25) is 0 Å². The molecule has 0 spiro atoms. The number of methoxy groups -OCH3 is 1. The van der Waals surface area contributed by atoms with Crippen molar-refractivity contribution in [2.24, 2.45) is 0 Å². The first-order valence-corrected chi connectivity index (χ1v) is 9.68. The molecule has 0 saturated heterocycles. The molecule has 29 heavy (non-hydrogen) atoms. The van der Waals surface area contributed by atoms with Gasteiger partial charge in [-0.05, 0) is 48.2 Å². The normalized spacial score (nSPS) is 11.9. The summed E-state index contributed by atoms with van der Waals surface area (Å²) in [4.78, 5) is 8.82. The lowest BCUT2D eigenvalue weighted by atomic mass is 10.0. The largest absolute Gasteiger partial charge is 0.467 e. The van der Waals surface area contributed by atoms with Gasteiger partial charge < -0.3 is 20.3 Å². The summed E-state index contributed by atoms with van der Waals surface area (Å²) >= 11 is 5.95. The number of anilines is 1. The summed E-state index contributed by atoms with van der Waals surface area (Å²) in [6.45, 7) is 1.79. The van der Waals surface area contributed by atoms with E-state index in [0.717, 1.165) is 12.0 Å². The number of nitrogens with one attached hydrogen (secondary N) is 1. The van der Waals surface area contributed by atoms with Crippen molar-refractivity contribution >= 4 is 17.4 Å². The predicted molar refractivity (Wildman–Crippen MR) is 114 cm³/mol. The minimum absolute atomic E-state index is 0.119. The average molecular weight is 414 g/mol. The summed E-state index contributed by atoms with van der Waals surface area (Å²) < 4.78 is 5.27. The molecule has 0 aliphatic rings. The molecular formula is C22H24ClN3O3. The predicted octanol–water partition coefficient (Wildman–Crippen LogP) is 3.83. The molecule has 7 heteroatoms. The lowest BCUT2D eigenvalue weighted by Gasteiger charge is -2.16. The van der Waals surface area contributed by atoms with Gasteiger partial charge in [-0.15, -0.1) is 0 Å². The number of rotatable bonds is 8. The molecule has 0 bridgehead atoms. The van der Waals surface area contributed by atoms with Crippen molar-refractivity contribution in [3.63, 3.8) is 0 Å². The zero-order valence-electron chi connectivity index (χ0n) is 16.4. The Kier molecular flexibility index (Phi) is 7.04. The highest BCUT2D eigenvalue weighted by molar-refractivity contribution is 6.30. The zero-order valence-corrected chi connectivity index (χ0v) is 17.1. The van der Waals surface area contributed by atoms with Crippen LogP contribution in [-0.4, -0.2) is 33.3 Å². The molecule has 6 nitrogen and oxygen atoms in total. The zero-order chi connectivity index (χ0) is 20.8. The van der Waals surface area contributed by atoms with Gasteiger partial charge in [0, 0.05) is 22.7 Å². The van der Waals surface area contributed by atoms with E-state index in [-0.39, 0.29) is 25.3 Å². The number of ether oxygens (including phenoxy) is 1. The Bertz CT molecular complexity index is 964. The summed E-state index contributed by atoms with van der Waals surface area (Å²) in [5, 5.41) is 23.1. The molecule has 0 aliphatic carbocycles. The molecule has 1 aromatic heterocycles. The summed E-state index contributed by atoms with van der Waals surface area (Å²) in [6, 6.07) is 15.4. The molecular weight excluding hydrogens is 390 g/mol. The Morgan fingerprint density at radius 2 is 1.72 bits per heavy atom. The van der Waals surface area contributed by atoms with Crippen LogP contribution in [0.3, 0.4) is 0 Å². The first-order valence-electron chi connectivity index (χ1n) is 9.30. The summed E-state index contributed by atoms with van der Waals surface area (Å²) in [7, 11) is 1.52. The van der Waals surface area contributed by atoms with Crippen LogP contribution in [0.5, 0.6) is 6.01 Å². The fourth-order valence-corrected chi connectivity index (χ4v) is 3.23. The van der Waals surface area contributed by atoms with E-state index in [9.17, 15) is 10.2 Å². The standard InChI is InChI=1S/C22H24ClN3O3/c1-14(9-15-3-7-19(23)8-4-15)24-21-11-20(25-22(26-21)29-2)16-5-6-17(12-27)18(10-16)13-28/h3-8,10-11,14,27-28H,9,12-13H2,1-2H3,(H,24,25,26). The van der Waals surface area contributed by atoms with E-state index in [4.69, 9.17) is 16.3 Å². The van der Waals surface area contributed by atoms with E-state index >= 15 is 0 Å². The smallest absolute Gasteiger partial charge is 0.318 e. The Morgan fingerprint density at radius 1 is 1.00 bits per heavy atom. The maximum absolute atomic E-state index is 9.56. The molecule has 152 valence electrons. The molecule has 3 aromatic rings. The third kappa shape index (κ3) is 5.44. The van der Waals surface area contributed by atoms with Crippen molar-refractivity contribution in [3.8, 4) is 17.3 Å². The minimum atomic E-state index is -0.158. The Labute approximate surface area is 175 Å². The van der Waals surface area contributed by atoms with Crippen molar-refractivity contribution in [3.05, 3.63) is 70.2 Å². The fourth-order valence-electron chi connectivity index (χ4n) is 3.10. The van der Waals surface area contributed by atoms with Crippen molar-refractivity contribution < 1.29 is 14.9 Å². The lowest BCUT2D eigenvalue weighted by Crippen LogP contribution is -2.19. The van der Waals surface area contributed by atoms with Crippen molar-refractivity contribution in [2.45, 2.75) is 32.6 Å². The van der Waals surface area contributed by atoms with E-state index in [1.807, 2.05) is 42.5 Å². The first kappa shape index (κ1) is 21.0. The fraction of sp³-hybridized carbons (Fsp3) is 0.273. The van der Waals surface area contributed by atoms with Crippen LogP contribution in [0.1, 0.15) is 23.6 Å². The van der Waals surface area contributed by atoms with Gasteiger partial charge in [0.1, 0.15) is 5.82 Å². The average Bonchev–Trinajstić information content (AvgIpc) is 2.74. The van der Waals surface area contributed by atoms with Gasteiger partial charge in [-0.1, -0.05) is 35.9 Å². The van der Waals surface area contributed by atoms with E-state index in [0.29, 0.717) is 27.7 Å². The Morgan fingerprint density at radius 3 is 2.38 bits per heavy atom. The van der Waals surface area contributed by atoms with Crippen molar-refractivity contribution in [1.82, 2.24) is 9.97 Å². The van der Waals surface area contributed by atoms with Crippen LogP contribution in [-0.2, 0) is 19.6 Å². The summed E-state index contributed by atoms with van der Waals surface area (Å²) in [5.41, 5.74) is 3.99. The topological polar surface area (TPSA) is 87.5 Å². The number of aliphatic hydroxyl groups excluding tert-OH is 2. The number of benzene rings is 2. The van der Waals surface area contributed by atoms with Gasteiger partial charge in [-0.2, -0.15) is 9.97 Å². The number of aromatic nitrogens is 2. The molecule has 0 saturated carbocycles. The van der Waals surface area contributed by atoms with Crippen LogP contribution in [0.15, 0.2) is 48.5 Å². The third-order valence-corrected chi connectivity index (χ3v) is 4.83. The number of hydrogen-bond donors (Lipinski definition) is 3. The van der Waals surface area contributed by atoms with Crippen LogP contribution in [0, 0.1) is 0 Å². The SMILES string of the molecule is COc1nc(NC(C)Cc2ccc(Cl)cc2)cc(-c2ccc(CO)c(CO)c2)n1. The number of hydrogen-bond acceptors (Lipinski definition) is 6. The Hall–Kier alpha value is -2.67. The quantitative estimate of drug-likeness (QED) is 0.520. The van der Waals surface area contributed by atoms with E-state index in [2.05, 4.69) is 22.2 Å². The molecule has 0 radical (unpaired) electrons. The lowest BCUT2D eigenvalue weighted by molar-refractivity contribution is 0.260. The first-order chi connectivity index (χ1) is 14.0. The summed E-state index contributed by atoms with van der Waals surface area (Å²) in [5.74, 6) is 0.644. The maximum Gasteiger partial charge on any atom is 0.318 e. The van der Waals surface area contributed by atoms with Crippen molar-refractivity contribution in [2.75, 3.05) is 12.4 Å². The third-order valence-electron chi connectivity index (χ3n) is 4.58. The second-order valence-electron chi connectivity index (χ2n) is 6.80. The molecule has 1 unspecified atom stereocenters. The van der Waals surface area contributed by atoms with Crippen LogP contribution in [0.2, 0.25) is 5.02 Å². The summed E-state index contributed by atoms with van der Waals surface area (Å²) in [6.07, 6.45) is 0.804. The van der Waals surface area contributed by atoms with E-state index < -0.39 is 0 Å². The number of aliphatic hydroxyl groups is 2. The number of nitrogens with zero attached hydrogens (tertiary/aromatic N) is 2. The van der Waals surface area contributed by atoms with Crippen LogP contribution < -0.4 is 10.1 Å².